The molecule has 1 aliphatic rings. The van der Waals surface area contributed by atoms with E-state index < -0.39 is 11.2 Å². The van der Waals surface area contributed by atoms with Crippen LogP contribution >= 0.6 is 11.3 Å². The molecule has 0 spiro atoms. The first-order chi connectivity index (χ1) is 16.7. The van der Waals surface area contributed by atoms with Crippen molar-refractivity contribution in [3.8, 4) is 0 Å². The first-order valence-electron chi connectivity index (χ1n) is 12.2. The second kappa shape index (κ2) is 10.3. The van der Waals surface area contributed by atoms with E-state index >= 15 is 0 Å². The number of nitrogens with two attached hydrogens (primary N) is 1. The Morgan fingerprint density at radius 3 is 2.66 bits per heavy atom. The molecule has 188 valence electrons. The topological polar surface area (TPSA) is 117 Å². The van der Waals surface area contributed by atoms with E-state index in [1.54, 1.807) is 11.3 Å². The lowest BCUT2D eigenvalue weighted by molar-refractivity contribution is -0.120. The maximum atomic E-state index is 13.7. The molecule has 0 bridgehead atoms. The monoisotopic (exact) mass is 498 g/mol. The maximum absolute atomic E-state index is 13.7. The summed E-state index contributed by atoms with van der Waals surface area (Å²) in [5.41, 5.74) is 6.18. The Balaban J connectivity index is 1.65. The van der Waals surface area contributed by atoms with Gasteiger partial charge in [0.15, 0.2) is 5.69 Å². The molecule has 0 saturated carbocycles. The standard InChI is InChI=1S/C25H34N6O3S/c1-15(2)12-30(21-22(26)31(13-16(3)4)25(34)28-23(21)33)20(32)14-29-11-7-9-18(29)24-27-17-8-5-6-10-19(17)35-24/h5-6,8,10,15-16,18H,7,9,11-14,26H2,1-4H3,(H,28,33,34)/t18-/m1/s1. The summed E-state index contributed by atoms with van der Waals surface area (Å²) in [6.07, 6.45) is 1.90. The smallest absolute Gasteiger partial charge is 0.330 e. The molecule has 3 heterocycles. The molecule has 1 saturated heterocycles. The van der Waals surface area contributed by atoms with Gasteiger partial charge >= 0.3 is 5.69 Å². The molecule has 3 N–H and O–H groups in total. The summed E-state index contributed by atoms with van der Waals surface area (Å²) < 4.78 is 2.48. The predicted molar refractivity (Wildman–Crippen MR) is 141 cm³/mol. The number of carbonyl (C=O) groups excluding carboxylic acids is 1. The number of nitrogens with one attached hydrogen (secondary N) is 1. The zero-order valence-electron chi connectivity index (χ0n) is 20.8. The summed E-state index contributed by atoms with van der Waals surface area (Å²) in [6.45, 7) is 9.49. The zero-order chi connectivity index (χ0) is 25.3. The lowest BCUT2D eigenvalue weighted by atomic mass is 10.2. The molecule has 0 radical (unpaired) electrons. The number of thiazole rings is 1. The van der Waals surface area contributed by atoms with Gasteiger partial charge in [0, 0.05) is 13.1 Å². The molecule has 4 rings (SSSR count). The van der Waals surface area contributed by atoms with Gasteiger partial charge in [-0.2, -0.15) is 0 Å². The van der Waals surface area contributed by atoms with E-state index in [-0.39, 0.29) is 41.8 Å². The van der Waals surface area contributed by atoms with Crippen LogP contribution in [0.15, 0.2) is 33.9 Å². The van der Waals surface area contributed by atoms with Crippen LogP contribution in [0.2, 0.25) is 0 Å². The van der Waals surface area contributed by atoms with Gasteiger partial charge in [-0.25, -0.2) is 9.78 Å². The molecule has 1 atom stereocenters. The van der Waals surface area contributed by atoms with Gasteiger partial charge < -0.3 is 10.6 Å². The van der Waals surface area contributed by atoms with E-state index in [4.69, 9.17) is 10.7 Å². The van der Waals surface area contributed by atoms with Crippen molar-refractivity contribution in [3.63, 3.8) is 0 Å². The first-order valence-corrected chi connectivity index (χ1v) is 13.0. The predicted octanol–water partition coefficient (Wildman–Crippen LogP) is 3.21. The Bertz CT molecular complexity index is 1290. The average Bonchev–Trinajstić information content (AvgIpc) is 3.41. The second-order valence-corrected chi connectivity index (χ2v) is 11.1. The third-order valence-electron chi connectivity index (χ3n) is 6.18. The second-order valence-electron chi connectivity index (χ2n) is 10.0. The molecule has 2 aromatic heterocycles. The van der Waals surface area contributed by atoms with Gasteiger partial charge in [-0.05, 0) is 43.4 Å². The molecule has 0 unspecified atom stereocenters. The lowest BCUT2D eigenvalue weighted by Crippen LogP contribution is -2.46. The molecule has 9 nitrogen and oxygen atoms in total. The molecule has 1 amide bonds. The molecule has 1 aliphatic heterocycles. The molecule has 35 heavy (non-hydrogen) atoms. The van der Waals surface area contributed by atoms with E-state index in [1.807, 2.05) is 45.9 Å². The highest BCUT2D eigenvalue weighted by atomic mass is 32.1. The van der Waals surface area contributed by atoms with Gasteiger partial charge in [-0.1, -0.05) is 39.8 Å². The van der Waals surface area contributed by atoms with E-state index in [0.29, 0.717) is 13.1 Å². The van der Waals surface area contributed by atoms with Gasteiger partial charge in [-0.15, -0.1) is 11.3 Å². The van der Waals surface area contributed by atoms with Crippen molar-refractivity contribution in [2.45, 2.75) is 53.1 Å². The van der Waals surface area contributed by atoms with Crippen LogP contribution in [0.1, 0.15) is 51.6 Å². The number of anilines is 2. The number of fused-ring (bicyclic) bond motifs is 1. The molecule has 3 aromatic rings. The highest BCUT2D eigenvalue weighted by molar-refractivity contribution is 7.18. The molecule has 1 aromatic carbocycles. The largest absolute Gasteiger partial charge is 0.383 e. The summed E-state index contributed by atoms with van der Waals surface area (Å²) in [4.78, 5) is 49.8. The number of hydrogen-bond donors (Lipinski definition) is 2. The van der Waals surface area contributed by atoms with Crippen molar-refractivity contribution < 1.29 is 4.79 Å². The molecular weight excluding hydrogens is 464 g/mol. The average molecular weight is 499 g/mol. The number of aromatic amines is 1. The Hall–Kier alpha value is -2.98. The molecule has 10 heteroatoms. The number of benzene rings is 1. The van der Waals surface area contributed by atoms with Gasteiger partial charge in [0.05, 0.1) is 22.8 Å². The molecule has 0 aliphatic carbocycles. The highest BCUT2D eigenvalue weighted by Gasteiger charge is 2.33. The fourth-order valence-corrected chi connectivity index (χ4v) is 5.79. The van der Waals surface area contributed by atoms with E-state index in [9.17, 15) is 14.4 Å². The zero-order valence-corrected chi connectivity index (χ0v) is 21.6. The number of hydrogen-bond acceptors (Lipinski definition) is 7. The van der Waals surface area contributed by atoms with Gasteiger partial charge in [-0.3, -0.25) is 24.0 Å². The third-order valence-corrected chi connectivity index (χ3v) is 7.32. The number of rotatable bonds is 8. The Labute approximate surface area is 208 Å². The third kappa shape index (κ3) is 5.33. The minimum Gasteiger partial charge on any atom is -0.383 e. The van der Waals surface area contributed by atoms with Crippen molar-refractivity contribution in [1.82, 2.24) is 19.4 Å². The minimum absolute atomic E-state index is 0.0330. The summed E-state index contributed by atoms with van der Waals surface area (Å²) in [7, 11) is 0. The Morgan fingerprint density at radius 1 is 1.23 bits per heavy atom. The van der Waals surface area contributed by atoms with Crippen LogP contribution < -0.4 is 21.9 Å². The molecular formula is C25H34N6O3S. The van der Waals surface area contributed by atoms with E-state index in [0.717, 1.165) is 34.6 Å². The van der Waals surface area contributed by atoms with Crippen molar-refractivity contribution in [2.75, 3.05) is 30.3 Å². The van der Waals surface area contributed by atoms with Crippen molar-refractivity contribution >= 4 is 39.0 Å². The highest BCUT2D eigenvalue weighted by Crippen LogP contribution is 2.36. The number of H-pyrrole nitrogens is 1. The van der Waals surface area contributed by atoms with Crippen LogP contribution in [0.5, 0.6) is 0 Å². The van der Waals surface area contributed by atoms with E-state index in [2.05, 4.69) is 16.0 Å². The van der Waals surface area contributed by atoms with Gasteiger partial charge in [0.25, 0.3) is 5.56 Å². The Morgan fingerprint density at radius 2 is 1.97 bits per heavy atom. The number of nitrogens with zero attached hydrogens (tertiary/aromatic N) is 4. The van der Waals surface area contributed by atoms with Crippen molar-refractivity contribution in [2.24, 2.45) is 11.8 Å². The summed E-state index contributed by atoms with van der Waals surface area (Å²) in [5, 5.41) is 1.01. The quantitative estimate of drug-likeness (QED) is 0.493. The number of likely N-dealkylation sites (tertiary alicyclic amines) is 1. The number of aromatic nitrogens is 3. The van der Waals surface area contributed by atoms with Crippen LogP contribution in [0.3, 0.4) is 0 Å². The van der Waals surface area contributed by atoms with Crippen LogP contribution in [-0.2, 0) is 11.3 Å². The van der Waals surface area contributed by atoms with Crippen LogP contribution in [0, 0.1) is 11.8 Å². The SMILES string of the molecule is CC(C)CN(C(=O)CN1CCC[C@@H]1c1nc2ccccc2s1)c1c(N)n(CC(C)C)c(=O)[nH]c1=O. The van der Waals surface area contributed by atoms with Crippen molar-refractivity contribution in [3.05, 3.63) is 50.1 Å². The Kier molecular flexibility index (Phi) is 7.42. The number of nitrogen functional groups attached to an aromatic ring is 1. The minimum atomic E-state index is -0.634. The van der Waals surface area contributed by atoms with Crippen LogP contribution in [-0.4, -0.2) is 45.0 Å². The maximum Gasteiger partial charge on any atom is 0.330 e. The summed E-state index contributed by atoms with van der Waals surface area (Å²) >= 11 is 1.66. The number of para-hydroxylation sites is 1. The van der Waals surface area contributed by atoms with Gasteiger partial charge in [0.1, 0.15) is 10.8 Å². The lowest BCUT2D eigenvalue weighted by Gasteiger charge is -2.29. The van der Waals surface area contributed by atoms with Crippen LogP contribution in [0.4, 0.5) is 11.5 Å². The van der Waals surface area contributed by atoms with Crippen LogP contribution in [0.25, 0.3) is 10.2 Å². The van der Waals surface area contributed by atoms with Crippen molar-refractivity contribution in [1.29, 1.82) is 0 Å². The van der Waals surface area contributed by atoms with E-state index in [1.165, 1.54) is 9.47 Å². The first kappa shape index (κ1) is 25.1. The fourth-order valence-electron chi connectivity index (χ4n) is 4.65. The fraction of sp³-hybridized carbons (Fsp3) is 0.520. The normalized spacial score (nSPS) is 16.6. The van der Waals surface area contributed by atoms with Gasteiger partial charge in [0.2, 0.25) is 5.91 Å². The summed E-state index contributed by atoms with van der Waals surface area (Å²) in [5.74, 6) is 0.0632. The summed E-state index contributed by atoms with van der Waals surface area (Å²) in [6, 6.07) is 8.11. The number of carbonyl (C=O) groups is 1. The molecule has 1 fully saturated rings. The number of amides is 1.